The third-order valence-corrected chi connectivity index (χ3v) is 5.80. The Morgan fingerprint density at radius 2 is 2.00 bits per heavy atom. The lowest BCUT2D eigenvalue weighted by molar-refractivity contribution is 0.102. The van der Waals surface area contributed by atoms with Crippen molar-refractivity contribution in [1.29, 1.82) is 0 Å². The molecule has 0 atom stereocenters. The second kappa shape index (κ2) is 6.55. The Kier molecular flexibility index (Phi) is 4.25. The Balaban J connectivity index is 1.66. The van der Waals surface area contributed by atoms with E-state index in [1.807, 2.05) is 35.7 Å². The summed E-state index contributed by atoms with van der Waals surface area (Å²) in [6.07, 6.45) is 0. The van der Waals surface area contributed by atoms with Crippen LogP contribution in [0.25, 0.3) is 20.8 Å². The first-order chi connectivity index (χ1) is 12.1. The SMILES string of the molecule is O=C(Nc1sccc1-c1nc2ccccc2s1)c1ccc(F)cc1Cl. The lowest BCUT2D eigenvalue weighted by atomic mass is 10.2. The number of para-hydroxylation sites is 1. The molecule has 0 fully saturated rings. The average Bonchev–Trinajstić information content (AvgIpc) is 3.20. The molecule has 7 heteroatoms. The number of halogens is 2. The maximum absolute atomic E-state index is 13.2. The molecular formula is C18H10ClFN2OS2. The number of aromatic nitrogens is 1. The van der Waals surface area contributed by atoms with Gasteiger partial charge in [0.15, 0.2) is 0 Å². The molecule has 0 unspecified atom stereocenters. The zero-order chi connectivity index (χ0) is 17.4. The topological polar surface area (TPSA) is 42.0 Å². The van der Waals surface area contributed by atoms with Gasteiger partial charge in [-0.1, -0.05) is 23.7 Å². The minimum atomic E-state index is -0.479. The van der Waals surface area contributed by atoms with E-state index in [0.29, 0.717) is 5.00 Å². The third kappa shape index (κ3) is 3.16. The van der Waals surface area contributed by atoms with Gasteiger partial charge in [-0.05, 0) is 41.8 Å². The van der Waals surface area contributed by atoms with Crippen molar-refractivity contribution in [2.45, 2.75) is 0 Å². The smallest absolute Gasteiger partial charge is 0.257 e. The first-order valence-electron chi connectivity index (χ1n) is 7.31. The van der Waals surface area contributed by atoms with Crippen LogP contribution in [0.5, 0.6) is 0 Å². The molecule has 0 saturated carbocycles. The highest BCUT2D eigenvalue weighted by Gasteiger charge is 2.17. The minimum Gasteiger partial charge on any atom is -0.313 e. The molecule has 0 spiro atoms. The number of carbonyl (C=O) groups is 1. The largest absolute Gasteiger partial charge is 0.313 e. The van der Waals surface area contributed by atoms with Gasteiger partial charge < -0.3 is 5.32 Å². The number of hydrogen-bond acceptors (Lipinski definition) is 4. The molecule has 0 radical (unpaired) electrons. The predicted molar refractivity (Wildman–Crippen MR) is 102 cm³/mol. The van der Waals surface area contributed by atoms with Gasteiger partial charge in [-0.25, -0.2) is 9.37 Å². The summed E-state index contributed by atoms with van der Waals surface area (Å²) in [5, 5.41) is 6.34. The first-order valence-corrected chi connectivity index (χ1v) is 9.39. The standard InChI is InChI=1S/C18H10ClFN2OS2/c19-13-9-10(20)5-6-11(13)16(23)22-17-12(7-8-24-17)18-21-14-3-1-2-4-15(14)25-18/h1-9H,(H,22,23). The molecule has 4 aromatic rings. The Labute approximate surface area is 155 Å². The highest BCUT2D eigenvalue weighted by molar-refractivity contribution is 7.22. The second-order valence-electron chi connectivity index (χ2n) is 5.23. The van der Waals surface area contributed by atoms with Gasteiger partial charge in [-0.15, -0.1) is 22.7 Å². The number of anilines is 1. The van der Waals surface area contributed by atoms with Gasteiger partial charge in [0.1, 0.15) is 15.8 Å². The van der Waals surface area contributed by atoms with Crippen LogP contribution in [0, 0.1) is 5.82 Å². The number of rotatable bonds is 3. The average molecular weight is 389 g/mol. The van der Waals surface area contributed by atoms with Crippen LogP contribution in [0.3, 0.4) is 0 Å². The van der Waals surface area contributed by atoms with Crippen molar-refractivity contribution in [2.24, 2.45) is 0 Å². The van der Waals surface area contributed by atoms with Gasteiger partial charge in [0.25, 0.3) is 5.91 Å². The summed E-state index contributed by atoms with van der Waals surface area (Å²) >= 11 is 8.94. The van der Waals surface area contributed by atoms with Gasteiger partial charge in [-0.3, -0.25) is 4.79 Å². The van der Waals surface area contributed by atoms with Crippen LogP contribution >= 0.6 is 34.3 Å². The molecule has 0 saturated heterocycles. The molecule has 2 aromatic heterocycles. The van der Waals surface area contributed by atoms with Crippen LogP contribution in [0.2, 0.25) is 5.02 Å². The van der Waals surface area contributed by atoms with Crippen molar-refractivity contribution in [3.63, 3.8) is 0 Å². The number of thiazole rings is 1. The summed E-state index contributed by atoms with van der Waals surface area (Å²) in [5.41, 5.74) is 2.01. The fraction of sp³-hybridized carbons (Fsp3) is 0. The molecular weight excluding hydrogens is 379 g/mol. The van der Waals surface area contributed by atoms with E-state index in [4.69, 9.17) is 11.6 Å². The van der Waals surface area contributed by atoms with Crippen LogP contribution in [0.1, 0.15) is 10.4 Å². The number of thiophene rings is 1. The van der Waals surface area contributed by atoms with Crippen LogP contribution < -0.4 is 5.32 Å². The van der Waals surface area contributed by atoms with E-state index < -0.39 is 5.82 Å². The van der Waals surface area contributed by atoms with Crippen molar-refractivity contribution in [1.82, 2.24) is 4.98 Å². The summed E-state index contributed by atoms with van der Waals surface area (Å²) in [6.45, 7) is 0. The molecule has 3 nitrogen and oxygen atoms in total. The fourth-order valence-corrected chi connectivity index (χ4v) is 4.50. The highest BCUT2D eigenvalue weighted by Crippen LogP contribution is 2.38. The third-order valence-electron chi connectivity index (χ3n) is 3.59. The lowest BCUT2D eigenvalue weighted by Crippen LogP contribution is -2.12. The summed E-state index contributed by atoms with van der Waals surface area (Å²) in [4.78, 5) is 17.1. The Bertz CT molecular complexity index is 1060. The number of amides is 1. The van der Waals surface area contributed by atoms with Crippen molar-refractivity contribution < 1.29 is 9.18 Å². The summed E-state index contributed by atoms with van der Waals surface area (Å²) < 4.78 is 14.2. The monoisotopic (exact) mass is 388 g/mol. The lowest BCUT2D eigenvalue weighted by Gasteiger charge is -2.06. The Hall–Kier alpha value is -2.28. The summed E-state index contributed by atoms with van der Waals surface area (Å²) in [7, 11) is 0. The van der Waals surface area contributed by atoms with Crippen LogP contribution in [-0.4, -0.2) is 10.9 Å². The van der Waals surface area contributed by atoms with Crippen molar-refractivity contribution in [3.8, 4) is 10.6 Å². The predicted octanol–water partition coefficient (Wildman–Crippen LogP) is 6.07. The van der Waals surface area contributed by atoms with Gasteiger partial charge in [0.05, 0.1) is 20.8 Å². The van der Waals surface area contributed by atoms with Gasteiger partial charge in [-0.2, -0.15) is 0 Å². The molecule has 1 N–H and O–H groups in total. The van der Waals surface area contributed by atoms with E-state index in [1.54, 1.807) is 11.3 Å². The quantitative estimate of drug-likeness (QED) is 0.462. The molecule has 124 valence electrons. The molecule has 0 aliphatic carbocycles. The van der Waals surface area contributed by atoms with Crippen LogP contribution in [-0.2, 0) is 0 Å². The van der Waals surface area contributed by atoms with Crippen LogP contribution in [0.15, 0.2) is 53.9 Å². The molecule has 0 aliphatic heterocycles. The van der Waals surface area contributed by atoms with Gasteiger partial charge >= 0.3 is 0 Å². The van der Waals surface area contributed by atoms with Crippen molar-refractivity contribution in [3.05, 3.63) is 70.3 Å². The van der Waals surface area contributed by atoms with E-state index in [0.717, 1.165) is 26.9 Å². The Morgan fingerprint density at radius 1 is 1.16 bits per heavy atom. The molecule has 0 bridgehead atoms. The zero-order valence-corrected chi connectivity index (χ0v) is 15.0. The highest BCUT2D eigenvalue weighted by atomic mass is 35.5. The van der Waals surface area contributed by atoms with Crippen LogP contribution in [0.4, 0.5) is 9.39 Å². The summed E-state index contributed by atoms with van der Waals surface area (Å²) in [5.74, 6) is -0.859. The zero-order valence-electron chi connectivity index (χ0n) is 12.6. The maximum atomic E-state index is 13.2. The van der Waals surface area contributed by atoms with E-state index in [9.17, 15) is 9.18 Å². The normalized spacial score (nSPS) is 11.0. The molecule has 2 heterocycles. The van der Waals surface area contributed by atoms with E-state index >= 15 is 0 Å². The molecule has 4 rings (SSSR count). The van der Waals surface area contributed by atoms with Gasteiger partial charge in [0.2, 0.25) is 0 Å². The molecule has 0 aliphatic rings. The van der Waals surface area contributed by atoms with E-state index in [1.165, 1.54) is 23.5 Å². The number of nitrogens with zero attached hydrogens (tertiary/aromatic N) is 1. The molecule has 25 heavy (non-hydrogen) atoms. The first kappa shape index (κ1) is 16.2. The number of benzene rings is 2. The number of fused-ring (bicyclic) bond motifs is 1. The number of hydrogen-bond donors (Lipinski definition) is 1. The number of nitrogens with one attached hydrogen (secondary N) is 1. The van der Waals surface area contributed by atoms with Crippen molar-refractivity contribution >= 4 is 55.4 Å². The fourth-order valence-electron chi connectivity index (χ4n) is 2.41. The molecule has 2 aromatic carbocycles. The van der Waals surface area contributed by atoms with Crippen molar-refractivity contribution in [2.75, 3.05) is 5.32 Å². The molecule has 1 amide bonds. The van der Waals surface area contributed by atoms with Gasteiger partial charge in [0, 0.05) is 5.56 Å². The Morgan fingerprint density at radius 3 is 2.80 bits per heavy atom. The number of carbonyl (C=O) groups excluding carboxylic acids is 1. The maximum Gasteiger partial charge on any atom is 0.257 e. The summed E-state index contributed by atoms with van der Waals surface area (Å²) in [6, 6.07) is 13.5. The van der Waals surface area contributed by atoms with E-state index in [2.05, 4.69) is 10.3 Å². The van der Waals surface area contributed by atoms with E-state index in [-0.39, 0.29) is 16.5 Å². The second-order valence-corrected chi connectivity index (χ2v) is 7.58. The minimum absolute atomic E-state index is 0.0793.